The molecule has 0 aromatic carbocycles. The molecule has 6 nitrogen and oxygen atoms in total. The monoisotopic (exact) mass is 281 g/mol. The van der Waals surface area contributed by atoms with Crippen molar-refractivity contribution >= 4 is 28.3 Å². The molecule has 0 fully saturated rings. The number of carboxylic acid groups (broad SMARTS) is 1. The van der Waals surface area contributed by atoms with Crippen LogP contribution in [0.4, 0.5) is 9.52 Å². The fourth-order valence-electron chi connectivity index (χ4n) is 1.27. The Morgan fingerprint density at radius 3 is 2.84 bits per heavy atom. The summed E-state index contributed by atoms with van der Waals surface area (Å²) in [6.07, 6.45) is 0.730. The van der Waals surface area contributed by atoms with Gasteiger partial charge in [0.2, 0.25) is 0 Å². The van der Waals surface area contributed by atoms with E-state index in [0.717, 1.165) is 23.6 Å². The molecule has 0 atom stereocenters. The van der Waals surface area contributed by atoms with Crippen molar-refractivity contribution in [2.75, 3.05) is 5.32 Å². The number of carbonyl (C=O) groups is 2. The Morgan fingerprint density at radius 1 is 1.42 bits per heavy atom. The van der Waals surface area contributed by atoms with Crippen LogP contribution in [0.1, 0.15) is 16.2 Å². The molecule has 0 aliphatic carbocycles. The standard InChI is InChI=1S/C11H8FN3O3S/c12-6-1-2-8(13-4-6)10(18)15-11-14-7(5-19-11)3-9(16)17/h1-2,4-5H,3H2,(H,16,17)(H,14,15,18). The number of hydrogen-bond acceptors (Lipinski definition) is 5. The van der Waals surface area contributed by atoms with Gasteiger partial charge in [-0.1, -0.05) is 0 Å². The Kier molecular flexibility index (Phi) is 3.81. The van der Waals surface area contributed by atoms with Crippen molar-refractivity contribution in [2.24, 2.45) is 0 Å². The molecule has 98 valence electrons. The quantitative estimate of drug-likeness (QED) is 0.887. The van der Waals surface area contributed by atoms with Crippen LogP contribution < -0.4 is 5.32 Å². The predicted molar refractivity (Wildman–Crippen MR) is 65.6 cm³/mol. The SMILES string of the molecule is O=C(O)Cc1csc(NC(=O)c2ccc(F)cn2)n1. The first-order valence-corrected chi connectivity index (χ1v) is 6.01. The average Bonchev–Trinajstić information content (AvgIpc) is 2.76. The number of nitrogens with one attached hydrogen (secondary N) is 1. The number of aromatic nitrogens is 2. The highest BCUT2D eigenvalue weighted by molar-refractivity contribution is 7.14. The summed E-state index contributed by atoms with van der Waals surface area (Å²) in [5.74, 6) is -2.06. The maximum atomic E-state index is 12.6. The summed E-state index contributed by atoms with van der Waals surface area (Å²) in [5, 5.41) is 12.9. The second-order valence-electron chi connectivity index (χ2n) is 3.53. The number of hydrogen-bond donors (Lipinski definition) is 2. The minimum Gasteiger partial charge on any atom is -0.481 e. The maximum absolute atomic E-state index is 12.6. The van der Waals surface area contributed by atoms with Crippen LogP contribution in [-0.4, -0.2) is 27.0 Å². The van der Waals surface area contributed by atoms with Gasteiger partial charge in [-0.15, -0.1) is 11.3 Å². The maximum Gasteiger partial charge on any atom is 0.309 e. The number of pyridine rings is 1. The van der Waals surface area contributed by atoms with E-state index in [0.29, 0.717) is 5.69 Å². The van der Waals surface area contributed by atoms with E-state index < -0.39 is 17.7 Å². The highest BCUT2D eigenvalue weighted by atomic mass is 32.1. The van der Waals surface area contributed by atoms with Gasteiger partial charge in [0.1, 0.15) is 11.5 Å². The summed E-state index contributed by atoms with van der Waals surface area (Å²) < 4.78 is 12.6. The third-order valence-corrected chi connectivity index (χ3v) is 2.87. The van der Waals surface area contributed by atoms with Crippen LogP contribution in [0, 0.1) is 5.82 Å². The van der Waals surface area contributed by atoms with E-state index in [4.69, 9.17) is 5.11 Å². The fourth-order valence-corrected chi connectivity index (χ4v) is 1.98. The highest BCUT2D eigenvalue weighted by Crippen LogP contribution is 2.16. The molecule has 1 amide bonds. The Balaban J connectivity index is 2.04. The number of anilines is 1. The van der Waals surface area contributed by atoms with Crippen molar-refractivity contribution < 1.29 is 19.1 Å². The van der Waals surface area contributed by atoms with Gasteiger partial charge in [-0.3, -0.25) is 14.9 Å². The smallest absolute Gasteiger partial charge is 0.309 e. The molecule has 0 aliphatic rings. The molecule has 0 saturated carbocycles. The molecule has 0 spiro atoms. The summed E-state index contributed by atoms with van der Waals surface area (Å²) in [6.45, 7) is 0. The Labute approximate surface area is 110 Å². The van der Waals surface area contributed by atoms with Gasteiger partial charge < -0.3 is 5.11 Å². The van der Waals surface area contributed by atoms with Crippen LogP contribution >= 0.6 is 11.3 Å². The molecule has 0 aliphatic heterocycles. The fraction of sp³-hybridized carbons (Fsp3) is 0.0909. The number of nitrogens with zero attached hydrogens (tertiary/aromatic N) is 2. The number of carboxylic acids is 1. The second-order valence-corrected chi connectivity index (χ2v) is 4.39. The lowest BCUT2D eigenvalue weighted by Gasteiger charge is -2.00. The first kappa shape index (κ1) is 13.1. The van der Waals surface area contributed by atoms with Gasteiger partial charge >= 0.3 is 5.97 Å². The lowest BCUT2D eigenvalue weighted by atomic mass is 10.3. The van der Waals surface area contributed by atoms with Crippen LogP contribution in [0.2, 0.25) is 0 Å². The van der Waals surface area contributed by atoms with Crippen LogP contribution in [0.15, 0.2) is 23.7 Å². The Hall–Kier alpha value is -2.35. The lowest BCUT2D eigenvalue weighted by Crippen LogP contribution is -2.13. The molecule has 2 rings (SSSR count). The highest BCUT2D eigenvalue weighted by Gasteiger charge is 2.11. The van der Waals surface area contributed by atoms with Crippen molar-refractivity contribution in [1.29, 1.82) is 0 Å². The molecule has 0 radical (unpaired) electrons. The number of aliphatic carboxylic acids is 1. The number of rotatable bonds is 4. The molecule has 8 heteroatoms. The summed E-state index contributed by atoms with van der Waals surface area (Å²) >= 11 is 1.11. The summed E-state index contributed by atoms with van der Waals surface area (Å²) in [7, 11) is 0. The summed E-state index contributed by atoms with van der Waals surface area (Å²) in [5.41, 5.74) is 0.413. The normalized spacial score (nSPS) is 10.2. The molecular formula is C11H8FN3O3S. The van der Waals surface area contributed by atoms with Crippen molar-refractivity contribution in [3.63, 3.8) is 0 Å². The van der Waals surface area contributed by atoms with E-state index in [2.05, 4.69) is 15.3 Å². The molecule has 2 heterocycles. The number of thiazole rings is 1. The molecule has 19 heavy (non-hydrogen) atoms. The number of carbonyl (C=O) groups excluding carboxylic acids is 1. The molecule has 0 unspecified atom stereocenters. The topological polar surface area (TPSA) is 92.2 Å². The van der Waals surface area contributed by atoms with Crippen molar-refractivity contribution in [3.8, 4) is 0 Å². The summed E-state index contributed by atoms with van der Waals surface area (Å²) in [6, 6.07) is 2.37. The van der Waals surface area contributed by atoms with Crippen molar-refractivity contribution in [1.82, 2.24) is 9.97 Å². The lowest BCUT2D eigenvalue weighted by molar-refractivity contribution is -0.136. The Bertz CT molecular complexity index is 612. The molecule has 2 aromatic rings. The largest absolute Gasteiger partial charge is 0.481 e. The zero-order chi connectivity index (χ0) is 13.8. The van der Waals surface area contributed by atoms with Gasteiger partial charge in [0.15, 0.2) is 5.13 Å². The van der Waals surface area contributed by atoms with E-state index in [1.807, 2.05) is 0 Å². The van der Waals surface area contributed by atoms with Crippen LogP contribution in [-0.2, 0) is 11.2 Å². The third kappa shape index (κ3) is 3.55. The minimum absolute atomic E-state index is 0.0522. The van der Waals surface area contributed by atoms with Gasteiger partial charge in [0.05, 0.1) is 18.3 Å². The zero-order valence-corrected chi connectivity index (χ0v) is 10.3. The summed E-state index contributed by atoms with van der Waals surface area (Å²) in [4.78, 5) is 29.8. The molecule has 0 saturated heterocycles. The third-order valence-electron chi connectivity index (χ3n) is 2.06. The van der Waals surface area contributed by atoms with Crippen molar-refractivity contribution in [3.05, 3.63) is 40.9 Å². The number of amides is 1. The van der Waals surface area contributed by atoms with Crippen LogP contribution in [0.3, 0.4) is 0 Å². The van der Waals surface area contributed by atoms with E-state index >= 15 is 0 Å². The van der Waals surface area contributed by atoms with Gasteiger partial charge in [0, 0.05) is 5.38 Å². The van der Waals surface area contributed by atoms with E-state index in [9.17, 15) is 14.0 Å². The van der Waals surface area contributed by atoms with Crippen LogP contribution in [0.5, 0.6) is 0 Å². The van der Waals surface area contributed by atoms with Gasteiger partial charge in [-0.25, -0.2) is 14.4 Å². The predicted octanol–water partition coefficient (Wildman–Crippen LogP) is 1.56. The molecule has 2 aromatic heterocycles. The van der Waals surface area contributed by atoms with E-state index in [1.165, 1.54) is 6.07 Å². The van der Waals surface area contributed by atoms with Gasteiger partial charge in [0.25, 0.3) is 5.91 Å². The Morgan fingerprint density at radius 2 is 2.21 bits per heavy atom. The first-order chi connectivity index (χ1) is 9.04. The molecule has 0 bridgehead atoms. The van der Waals surface area contributed by atoms with E-state index in [1.54, 1.807) is 5.38 Å². The van der Waals surface area contributed by atoms with Crippen LogP contribution in [0.25, 0.3) is 0 Å². The van der Waals surface area contributed by atoms with Gasteiger partial charge in [-0.05, 0) is 12.1 Å². The zero-order valence-electron chi connectivity index (χ0n) is 9.46. The first-order valence-electron chi connectivity index (χ1n) is 5.13. The molecular weight excluding hydrogens is 273 g/mol. The van der Waals surface area contributed by atoms with E-state index in [-0.39, 0.29) is 17.2 Å². The average molecular weight is 281 g/mol. The molecule has 2 N–H and O–H groups in total. The van der Waals surface area contributed by atoms with Crippen molar-refractivity contribution in [2.45, 2.75) is 6.42 Å². The second kappa shape index (κ2) is 5.53. The number of halogens is 1. The van der Waals surface area contributed by atoms with Gasteiger partial charge in [-0.2, -0.15) is 0 Å². The minimum atomic E-state index is -0.997.